The van der Waals surface area contributed by atoms with Gasteiger partial charge in [0.05, 0.1) is 11.2 Å². The van der Waals surface area contributed by atoms with E-state index in [-0.39, 0.29) is 17.2 Å². The number of benzene rings is 1. The van der Waals surface area contributed by atoms with Gasteiger partial charge in [-0.3, -0.25) is 4.79 Å². The van der Waals surface area contributed by atoms with Gasteiger partial charge in [0.2, 0.25) is 0 Å². The summed E-state index contributed by atoms with van der Waals surface area (Å²) in [6.07, 6.45) is 3.43. The molecule has 1 aromatic carbocycles. The maximum Gasteiger partial charge on any atom is 0.255 e. The summed E-state index contributed by atoms with van der Waals surface area (Å²) in [5.41, 5.74) is 5.56. The summed E-state index contributed by atoms with van der Waals surface area (Å²) in [7, 11) is 1.64. The summed E-state index contributed by atoms with van der Waals surface area (Å²) in [5.74, 6) is -0.278. The smallest absolute Gasteiger partial charge is 0.255 e. The van der Waals surface area contributed by atoms with Crippen LogP contribution in [0.4, 0.5) is 5.69 Å². The molecular formula is C14H20N2O3. The van der Waals surface area contributed by atoms with Gasteiger partial charge < -0.3 is 20.8 Å². The van der Waals surface area contributed by atoms with Crippen LogP contribution in [0.3, 0.4) is 0 Å². The first-order valence-corrected chi connectivity index (χ1v) is 6.48. The van der Waals surface area contributed by atoms with Crippen LogP contribution >= 0.6 is 0 Å². The second kappa shape index (κ2) is 5.09. The Labute approximate surface area is 112 Å². The van der Waals surface area contributed by atoms with Crippen LogP contribution in [0.25, 0.3) is 0 Å². The number of phenolic OH excluding ortho intramolecular Hbond substituents is 1. The van der Waals surface area contributed by atoms with Crippen molar-refractivity contribution in [3.8, 4) is 5.75 Å². The van der Waals surface area contributed by atoms with Crippen LogP contribution in [0, 0.1) is 0 Å². The molecule has 0 saturated heterocycles. The number of amides is 1. The Balaban J connectivity index is 2.12. The maximum absolute atomic E-state index is 12.3. The highest BCUT2D eigenvalue weighted by Gasteiger charge is 2.33. The van der Waals surface area contributed by atoms with Crippen molar-refractivity contribution in [1.29, 1.82) is 0 Å². The molecule has 5 heteroatoms. The Kier molecular flexibility index (Phi) is 3.66. The van der Waals surface area contributed by atoms with Crippen molar-refractivity contribution < 1.29 is 15.0 Å². The first kappa shape index (κ1) is 13.7. The Morgan fingerprint density at radius 3 is 2.68 bits per heavy atom. The number of aromatic hydroxyl groups is 1. The highest BCUT2D eigenvalue weighted by Crippen LogP contribution is 2.30. The minimum absolute atomic E-state index is 0.00512. The van der Waals surface area contributed by atoms with E-state index in [0.717, 1.165) is 25.7 Å². The molecule has 1 fully saturated rings. The molecule has 0 aliphatic heterocycles. The number of anilines is 1. The summed E-state index contributed by atoms with van der Waals surface area (Å²) in [6.45, 7) is 0.293. The number of hydrogen-bond donors (Lipinski definition) is 3. The predicted octanol–water partition coefficient (Wildman–Crippen LogP) is 1.35. The number of phenols is 1. The van der Waals surface area contributed by atoms with Crippen molar-refractivity contribution in [3.63, 3.8) is 0 Å². The Bertz CT molecular complexity index is 482. The SMILES string of the molecule is CN(CC1(O)CCCC1)C(=O)c1cc(O)ccc1N. The zero-order chi connectivity index (χ0) is 14.0. The van der Waals surface area contributed by atoms with Crippen molar-refractivity contribution in [1.82, 2.24) is 4.90 Å². The van der Waals surface area contributed by atoms with Crippen LogP contribution in [-0.4, -0.2) is 40.2 Å². The fraction of sp³-hybridized carbons (Fsp3) is 0.500. The van der Waals surface area contributed by atoms with Crippen molar-refractivity contribution >= 4 is 11.6 Å². The molecule has 0 bridgehead atoms. The molecule has 0 radical (unpaired) electrons. The molecule has 0 atom stereocenters. The van der Waals surface area contributed by atoms with Crippen LogP contribution in [0.15, 0.2) is 18.2 Å². The van der Waals surface area contributed by atoms with Crippen molar-refractivity contribution in [2.24, 2.45) is 0 Å². The third-order valence-electron chi connectivity index (χ3n) is 3.68. The molecule has 19 heavy (non-hydrogen) atoms. The molecule has 1 amide bonds. The van der Waals surface area contributed by atoms with E-state index in [1.54, 1.807) is 7.05 Å². The normalized spacial score (nSPS) is 17.4. The van der Waals surface area contributed by atoms with E-state index in [4.69, 9.17) is 5.73 Å². The topological polar surface area (TPSA) is 86.8 Å². The van der Waals surface area contributed by atoms with Gasteiger partial charge in [-0.15, -0.1) is 0 Å². The largest absolute Gasteiger partial charge is 0.508 e. The van der Waals surface area contributed by atoms with Gasteiger partial charge in [0.25, 0.3) is 5.91 Å². The number of hydrogen-bond acceptors (Lipinski definition) is 4. The summed E-state index contributed by atoms with van der Waals surface area (Å²) < 4.78 is 0. The Morgan fingerprint density at radius 2 is 2.05 bits per heavy atom. The molecular weight excluding hydrogens is 244 g/mol. The lowest BCUT2D eigenvalue weighted by atomic mass is 10.0. The van der Waals surface area contributed by atoms with Gasteiger partial charge in [-0.1, -0.05) is 12.8 Å². The van der Waals surface area contributed by atoms with Crippen LogP contribution in [0.1, 0.15) is 36.0 Å². The minimum Gasteiger partial charge on any atom is -0.508 e. The van der Waals surface area contributed by atoms with Gasteiger partial charge in [-0.2, -0.15) is 0 Å². The average molecular weight is 264 g/mol. The van der Waals surface area contributed by atoms with E-state index in [2.05, 4.69) is 0 Å². The number of carbonyl (C=O) groups excluding carboxylic acids is 1. The number of likely N-dealkylation sites (N-methyl/N-ethyl adjacent to an activating group) is 1. The molecule has 1 aromatic rings. The molecule has 5 nitrogen and oxygen atoms in total. The lowest BCUT2D eigenvalue weighted by Gasteiger charge is -2.29. The second-order valence-corrected chi connectivity index (χ2v) is 5.36. The first-order valence-electron chi connectivity index (χ1n) is 6.48. The highest BCUT2D eigenvalue weighted by molar-refractivity contribution is 5.99. The highest BCUT2D eigenvalue weighted by atomic mass is 16.3. The third kappa shape index (κ3) is 2.98. The Hall–Kier alpha value is -1.75. The summed E-state index contributed by atoms with van der Waals surface area (Å²) >= 11 is 0. The zero-order valence-electron chi connectivity index (χ0n) is 11.1. The maximum atomic E-state index is 12.3. The average Bonchev–Trinajstić information content (AvgIpc) is 2.78. The van der Waals surface area contributed by atoms with Crippen LogP contribution < -0.4 is 5.73 Å². The fourth-order valence-electron chi connectivity index (χ4n) is 2.64. The number of nitrogens with zero attached hydrogens (tertiary/aromatic N) is 1. The van der Waals surface area contributed by atoms with Crippen molar-refractivity contribution in [2.75, 3.05) is 19.3 Å². The fourth-order valence-corrected chi connectivity index (χ4v) is 2.64. The standard InChI is InChI=1S/C14H20N2O3/c1-16(9-14(19)6-2-3-7-14)13(18)11-8-10(17)4-5-12(11)15/h4-5,8,17,19H,2-3,6-7,9,15H2,1H3. The molecule has 1 aliphatic carbocycles. The number of nitrogen functional groups attached to an aromatic ring is 1. The van der Waals surface area contributed by atoms with Gasteiger partial charge in [-0.05, 0) is 31.0 Å². The minimum atomic E-state index is -0.782. The molecule has 0 aromatic heterocycles. The molecule has 1 aliphatic rings. The van der Waals surface area contributed by atoms with E-state index in [9.17, 15) is 15.0 Å². The summed E-state index contributed by atoms with van der Waals surface area (Å²) in [6, 6.07) is 4.30. The number of nitrogens with two attached hydrogens (primary N) is 1. The molecule has 0 spiro atoms. The van der Waals surface area contributed by atoms with E-state index in [1.165, 1.54) is 23.1 Å². The van der Waals surface area contributed by atoms with Gasteiger partial charge in [0.1, 0.15) is 5.75 Å². The first-order chi connectivity index (χ1) is 8.91. The van der Waals surface area contributed by atoms with E-state index >= 15 is 0 Å². The van der Waals surface area contributed by atoms with Crippen molar-refractivity contribution in [2.45, 2.75) is 31.3 Å². The number of carbonyl (C=O) groups is 1. The molecule has 0 heterocycles. The Morgan fingerprint density at radius 1 is 1.42 bits per heavy atom. The number of rotatable bonds is 3. The molecule has 0 unspecified atom stereocenters. The van der Waals surface area contributed by atoms with Gasteiger partial charge in [0, 0.05) is 19.3 Å². The van der Waals surface area contributed by atoms with Crippen molar-refractivity contribution in [3.05, 3.63) is 23.8 Å². The molecule has 1 saturated carbocycles. The van der Waals surface area contributed by atoms with Crippen LogP contribution in [0.2, 0.25) is 0 Å². The summed E-state index contributed by atoms with van der Waals surface area (Å²) in [4.78, 5) is 13.7. The molecule has 4 N–H and O–H groups in total. The third-order valence-corrected chi connectivity index (χ3v) is 3.68. The van der Waals surface area contributed by atoms with Gasteiger partial charge >= 0.3 is 0 Å². The van der Waals surface area contributed by atoms with E-state index in [0.29, 0.717) is 12.2 Å². The number of aliphatic hydroxyl groups is 1. The lowest BCUT2D eigenvalue weighted by molar-refractivity contribution is 0.0157. The molecule has 2 rings (SSSR count). The van der Waals surface area contributed by atoms with Gasteiger partial charge in [-0.25, -0.2) is 0 Å². The van der Waals surface area contributed by atoms with Gasteiger partial charge in [0.15, 0.2) is 0 Å². The summed E-state index contributed by atoms with van der Waals surface area (Å²) in [5, 5.41) is 19.7. The molecule has 104 valence electrons. The monoisotopic (exact) mass is 264 g/mol. The van der Waals surface area contributed by atoms with E-state index < -0.39 is 5.60 Å². The predicted molar refractivity (Wildman–Crippen MR) is 72.9 cm³/mol. The second-order valence-electron chi connectivity index (χ2n) is 5.36. The van der Waals surface area contributed by atoms with Crippen LogP contribution in [0.5, 0.6) is 5.75 Å². The van der Waals surface area contributed by atoms with Crippen LogP contribution in [-0.2, 0) is 0 Å². The quantitative estimate of drug-likeness (QED) is 0.568. The van der Waals surface area contributed by atoms with E-state index in [1.807, 2.05) is 0 Å². The lowest BCUT2D eigenvalue weighted by Crippen LogP contribution is -2.42. The zero-order valence-corrected chi connectivity index (χ0v) is 11.1.